The van der Waals surface area contributed by atoms with E-state index in [0.717, 1.165) is 17.7 Å². The number of carbonyl (C=O) groups is 2. The minimum Gasteiger partial charge on any atom is -0.467 e. The van der Waals surface area contributed by atoms with Crippen LogP contribution in [0.3, 0.4) is 0 Å². The highest BCUT2D eigenvalue weighted by Gasteiger charge is 2.35. The fraction of sp³-hybridized carbons (Fsp3) is 0.333. The zero-order chi connectivity index (χ0) is 16.2. The quantitative estimate of drug-likeness (QED) is 0.922. The molecule has 1 fully saturated rings. The predicted octanol–water partition coefficient (Wildman–Crippen LogP) is 2.51. The number of hydrogen-bond donors (Lipinski definition) is 1. The van der Waals surface area contributed by atoms with Gasteiger partial charge in [-0.25, -0.2) is 0 Å². The van der Waals surface area contributed by atoms with Crippen molar-refractivity contribution >= 4 is 17.5 Å². The summed E-state index contributed by atoms with van der Waals surface area (Å²) in [6.45, 7) is 2.84. The van der Waals surface area contributed by atoms with Crippen LogP contribution in [-0.2, 0) is 22.6 Å². The number of benzene rings is 1. The van der Waals surface area contributed by atoms with Gasteiger partial charge in [-0.2, -0.15) is 0 Å². The molecule has 5 nitrogen and oxygen atoms in total. The smallest absolute Gasteiger partial charge is 0.227 e. The standard InChI is InChI=1S/C18H20N2O3/c1-2-13-6-3-4-8-16(13)20-12-14(10-17(20)21)18(22)19-11-15-7-5-9-23-15/h3-9,14H,2,10-12H2,1H3,(H,19,22)/t14-/m0/s1. The van der Waals surface area contributed by atoms with Crippen molar-refractivity contribution in [2.24, 2.45) is 5.92 Å². The van der Waals surface area contributed by atoms with E-state index in [2.05, 4.69) is 12.2 Å². The zero-order valence-electron chi connectivity index (χ0n) is 13.1. The Morgan fingerprint density at radius 3 is 2.87 bits per heavy atom. The number of nitrogens with one attached hydrogen (secondary N) is 1. The molecular weight excluding hydrogens is 292 g/mol. The lowest BCUT2D eigenvalue weighted by Crippen LogP contribution is -2.32. The molecule has 1 N–H and O–H groups in total. The van der Waals surface area contributed by atoms with Crippen LogP contribution in [0.2, 0.25) is 0 Å². The molecular formula is C18H20N2O3. The van der Waals surface area contributed by atoms with Gasteiger partial charge in [0.1, 0.15) is 5.76 Å². The first-order valence-corrected chi connectivity index (χ1v) is 7.87. The highest BCUT2D eigenvalue weighted by atomic mass is 16.3. The molecule has 0 unspecified atom stereocenters. The average molecular weight is 312 g/mol. The first-order chi connectivity index (χ1) is 11.2. The van der Waals surface area contributed by atoms with Crippen LogP contribution in [0.15, 0.2) is 47.1 Å². The van der Waals surface area contributed by atoms with Crippen molar-refractivity contribution in [2.45, 2.75) is 26.3 Å². The fourth-order valence-corrected chi connectivity index (χ4v) is 2.92. The molecule has 1 aromatic carbocycles. The predicted molar refractivity (Wildman–Crippen MR) is 86.8 cm³/mol. The van der Waals surface area contributed by atoms with Crippen LogP contribution < -0.4 is 10.2 Å². The van der Waals surface area contributed by atoms with Crippen molar-refractivity contribution < 1.29 is 14.0 Å². The summed E-state index contributed by atoms with van der Waals surface area (Å²) in [5.74, 6) is 0.286. The molecule has 0 bridgehead atoms. The molecule has 23 heavy (non-hydrogen) atoms. The number of furan rings is 1. The van der Waals surface area contributed by atoms with Crippen LogP contribution in [0, 0.1) is 5.92 Å². The second kappa shape index (κ2) is 6.69. The number of nitrogens with zero attached hydrogens (tertiary/aromatic N) is 1. The van der Waals surface area contributed by atoms with Gasteiger partial charge in [0, 0.05) is 18.7 Å². The Balaban J connectivity index is 1.66. The van der Waals surface area contributed by atoms with Crippen LogP contribution >= 0.6 is 0 Å². The third kappa shape index (κ3) is 3.28. The monoisotopic (exact) mass is 312 g/mol. The first kappa shape index (κ1) is 15.3. The summed E-state index contributed by atoms with van der Waals surface area (Å²) in [7, 11) is 0. The maximum absolute atomic E-state index is 12.3. The van der Waals surface area contributed by atoms with Crippen LogP contribution in [0.25, 0.3) is 0 Å². The Morgan fingerprint density at radius 1 is 1.30 bits per heavy atom. The van der Waals surface area contributed by atoms with Gasteiger partial charge in [-0.05, 0) is 30.2 Å². The van der Waals surface area contributed by atoms with Gasteiger partial charge in [0.25, 0.3) is 0 Å². The van der Waals surface area contributed by atoms with Crippen LogP contribution in [0.1, 0.15) is 24.7 Å². The van der Waals surface area contributed by atoms with Crippen molar-refractivity contribution in [3.8, 4) is 0 Å². The molecule has 120 valence electrons. The summed E-state index contributed by atoms with van der Waals surface area (Å²) in [6, 6.07) is 11.4. The van der Waals surface area contributed by atoms with Crippen molar-refractivity contribution in [3.63, 3.8) is 0 Å². The zero-order valence-corrected chi connectivity index (χ0v) is 13.1. The third-order valence-corrected chi connectivity index (χ3v) is 4.18. The molecule has 1 aromatic heterocycles. The van der Waals surface area contributed by atoms with Gasteiger partial charge < -0.3 is 14.6 Å². The SMILES string of the molecule is CCc1ccccc1N1C[C@@H](C(=O)NCc2ccco2)CC1=O. The number of anilines is 1. The number of hydrogen-bond acceptors (Lipinski definition) is 3. The lowest BCUT2D eigenvalue weighted by molar-refractivity contribution is -0.126. The van der Waals surface area contributed by atoms with Gasteiger partial charge in [-0.15, -0.1) is 0 Å². The van der Waals surface area contributed by atoms with E-state index >= 15 is 0 Å². The topological polar surface area (TPSA) is 62.6 Å². The average Bonchev–Trinajstić information content (AvgIpc) is 3.22. The summed E-state index contributed by atoms with van der Waals surface area (Å²) in [5.41, 5.74) is 2.04. The van der Waals surface area contributed by atoms with E-state index in [0.29, 0.717) is 18.8 Å². The Morgan fingerprint density at radius 2 is 2.13 bits per heavy atom. The van der Waals surface area contributed by atoms with Crippen molar-refractivity contribution in [1.82, 2.24) is 5.32 Å². The molecule has 2 amide bonds. The van der Waals surface area contributed by atoms with Gasteiger partial charge in [0.05, 0.1) is 18.7 Å². The second-order valence-electron chi connectivity index (χ2n) is 5.68. The number of aryl methyl sites for hydroxylation is 1. The highest BCUT2D eigenvalue weighted by Crippen LogP contribution is 2.28. The van der Waals surface area contributed by atoms with E-state index in [-0.39, 0.29) is 24.2 Å². The van der Waals surface area contributed by atoms with E-state index in [4.69, 9.17) is 4.42 Å². The van der Waals surface area contributed by atoms with Gasteiger partial charge >= 0.3 is 0 Å². The number of rotatable bonds is 5. The largest absolute Gasteiger partial charge is 0.467 e. The summed E-state index contributed by atoms with van der Waals surface area (Å²) in [4.78, 5) is 26.3. The molecule has 1 saturated heterocycles. The lowest BCUT2D eigenvalue weighted by Gasteiger charge is -2.19. The summed E-state index contributed by atoms with van der Waals surface area (Å²) >= 11 is 0. The molecule has 0 aliphatic carbocycles. The summed E-state index contributed by atoms with van der Waals surface area (Å²) in [6.07, 6.45) is 2.68. The highest BCUT2D eigenvalue weighted by molar-refractivity contribution is 6.00. The molecule has 1 atom stereocenters. The Kier molecular flexibility index (Phi) is 4.46. The summed E-state index contributed by atoms with van der Waals surface area (Å²) < 4.78 is 5.20. The second-order valence-corrected chi connectivity index (χ2v) is 5.68. The first-order valence-electron chi connectivity index (χ1n) is 7.87. The molecule has 2 heterocycles. The molecule has 1 aliphatic heterocycles. The fourth-order valence-electron chi connectivity index (χ4n) is 2.92. The molecule has 0 spiro atoms. The Bertz CT molecular complexity index is 694. The van der Waals surface area contributed by atoms with Crippen molar-refractivity contribution in [3.05, 3.63) is 54.0 Å². The van der Waals surface area contributed by atoms with Gasteiger partial charge in [-0.3, -0.25) is 9.59 Å². The minimum absolute atomic E-state index is 0.00375. The number of carbonyl (C=O) groups excluding carboxylic acids is 2. The normalized spacial score (nSPS) is 17.5. The Labute approximate surface area is 135 Å². The molecule has 0 radical (unpaired) electrons. The summed E-state index contributed by atoms with van der Waals surface area (Å²) in [5, 5.41) is 2.84. The Hall–Kier alpha value is -2.56. The van der Waals surface area contributed by atoms with E-state index in [1.807, 2.05) is 30.3 Å². The molecule has 2 aromatic rings. The van der Waals surface area contributed by atoms with Crippen LogP contribution in [0.4, 0.5) is 5.69 Å². The van der Waals surface area contributed by atoms with E-state index in [1.54, 1.807) is 17.2 Å². The van der Waals surface area contributed by atoms with Gasteiger partial charge in [-0.1, -0.05) is 25.1 Å². The lowest BCUT2D eigenvalue weighted by atomic mass is 10.1. The maximum atomic E-state index is 12.3. The van der Waals surface area contributed by atoms with E-state index < -0.39 is 0 Å². The van der Waals surface area contributed by atoms with Crippen molar-refractivity contribution in [2.75, 3.05) is 11.4 Å². The van der Waals surface area contributed by atoms with Crippen LogP contribution in [-0.4, -0.2) is 18.4 Å². The third-order valence-electron chi connectivity index (χ3n) is 4.18. The van der Waals surface area contributed by atoms with Gasteiger partial charge in [0.2, 0.25) is 11.8 Å². The molecule has 3 rings (SSSR count). The van der Waals surface area contributed by atoms with E-state index in [9.17, 15) is 9.59 Å². The van der Waals surface area contributed by atoms with E-state index in [1.165, 1.54) is 0 Å². The number of amides is 2. The minimum atomic E-state index is -0.317. The van der Waals surface area contributed by atoms with Gasteiger partial charge in [0.15, 0.2) is 0 Å². The number of para-hydroxylation sites is 1. The molecule has 0 saturated carbocycles. The molecule has 1 aliphatic rings. The van der Waals surface area contributed by atoms with Crippen LogP contribution in [0.5, 0.6) is 0 Å². The maximum Gasteiger partial charge on any atom is 0.227 e. The van der Waals surface area contributed by atoms with Crippen molar-refractivity contribution in [1.29, 1.82) is 0 Å². The molecule has 5 heteroatoms.